The van der Waals surface area contributed by atoms with Gasteiger partial charge in [0.2, 0.25) is 0 Å². The van der Waals surface area contributed by atoms with Gasteiger partial charge in [0.25, 0.3) is 5.91 Å². The van der Waals surface area contributed by atoms with E-state index in [0.717, 1.165) is 22.2 Å². The van der Waals surface area contributed by atoms with Crippen LogP contribution in [0.5, 0.6) is 0 Å². The van der Waals surface area contributed by atoms with Crippen LogP contribution in [0, 0.1) is 0 Å². The van der Waals surface area contributed by atoms with Crippen LogP contribution in [0.1, 0.15) is 5.56 Å². The summed E-state index contributed by atoms with van der Waals surface area (Å²) < 4.78 is 0.267. The number of benzene rings is 2. The van der Waals surface area contributed by atoms with Crippen molar-refractivity contribution in [3.05, 3.63) is 77.2 Å². The largest absolute Gasteiger partial charge is 0.480 e. The molecule has 130 valence electrons. The summed E-state index contributed by atoms with van der Waals surface area (Å²) in [5.41, 5.74) is 1.08. The van der Waals surface area contributed by atoms with Crippen molar-refractivity contribution in [3.8, 4) is 0 Å². The van der Waals surface area contributed by atoms with Crippen molar-refractivity contribution < 1.29 is 14.7 Å². The van der Waals surface area contributed by atoms with E-state index in [2.05, 4.69) is 24.3 Å². The van der Waals surface area contributed by atoms with Crippen molar-refractivity contribution in [2.45, 2.75) is 0 Å². The molecule has 1 aliphatic rings. The molecule has 1 heterocycles. The van der Waals surface area contributed by atoms with Crippen molar-refractivity contribution in [2.75, 3.05) is 6.54 Å². The quantitative estimate of drug-likeness (QED) is 0.477. The van der Waals surface area contributed by atoms with E-state index in [1.165, 1.54) is 10.8 Å². The maximum absolute atomic E-state index is 12.1. The molecule has 26 heavy (non-hydrogen) atoms. The first-order valence-electron chi connectivity index (χ1n) is 7.84. The number of carbonyl (C=O) groups is 2. The summed E-state index contributed by atoms with van der Waals surface area (Å²) in [4.78, 5) is 24.4. The minimum Gasteiger partial charge on any atom is -0.480 e. The molecule has 0 saturated carbocycles. The zero-order valence-corrected chi connectivity index (χ0v) is 15.3. The molecule has 0 atom stereocenters. The van der Waals surface area contributed by atoms with Gasteiger partial charge in [-0.3, -0.25) is 14.5 Å². The smallest absolute Gasteiger partial charge is 0.323 e. The highest BCUT2D eigenvalue weighted by atomic mass is 32.2. The summed E-state index contributed by atoms with van der Waals surface area (Å²) >= 11 is 6.15. The molecule has 1 N–H and O–H groups in total. The molecule has 1 saturated heterocycles. The standard InChI is InChI=1S/C20H15NO3S2/c22-18(23)13-21-19(24)17(26-20(21)25)9-3-1-2-6-14-10-11-15-7-4-5-8-16(15)12-14/h1-12H,13H2,(H,22,23). The number of amides is 1. The normalized spacial score (nSPS) is 16.6. The van der Waals surface area contributed by atoms with E-state index in [0.29, 0.717) is 4.91 Å². The van der Waals surface area contributed by atoms with Crippen molar-refractivity contribution >= 4 is 57.0 Å². The molecule has 0 unspecified atom stereocenters. The lowest BCUT2D eigenvalue weighted by atomic mass is 10.1. The predicted molar refractivity (Wildman–Crippen MR) is 110 cm³/mol. The van der Waals surface area contributed by atoms with Crippen molar-refractivity contribution in [1.82, 2.24) is 4.90 Å². The predicted octanol–water partition coefficient (Wildman–Crippen LogP) is 4.24. The van der Waals surface area contributed by atoms with Crippen LogP contribution in [0.25, 0.3) is 16.8 Å². The summed E-state index contributed by atoms with van der Waals surface area (Å²) in [6.07, 6.45) is 9.07. The van der Waals surface area contributed by atoms with Crippen LogP contribution in [0.15, 0.2) is 71.7 Å². The first-order chi connectivity index (χ1) is 12.5. The van der Waals surface area contributed by atoms with Crippen LogP contribution < -0.4 is 0 Å². The van der Waals surface area contributed by atoms with Crippen molar-refractivity contribution in [3.63, 3.8) is 0 Å². The van der Waals surface area contributed by atoms with Gasteiger partial charge in [-0.1, -0.05) is 84.7 Å². The summed E-state index contributed by atoms with van der Waals surface area (Å²) in [5, 5.41) is 11.2. The highest BCUT2D eigenvalue weighted by Crippen LogP contribution is 2.30. The SMILES string of the molecule is O=C(O)CN1C(=O)C(=CC=CC=Cc2ccc3ccccc3c2)SC1=S. The van der Waals surface area contributed by atoms with Gasteiger partial charge in [0.1, 0.15) is 10.9 Å². The maximum Gasteiger partial charge on any atom is 0.323 e. The van der Waals surface area contributed by atoms with Gasteiger partial charge in [-0.15, -0.1) is 0 Å². The average Bonchev–Trinajstić information content (AvgIpc) is 2.88. The highest BCUT2D eigenvalue weighted by Gasteiger charge is 2.32. The van der Waals surface area contributed by atoms with Crippen LogP contribution in [0.4, 0.5) is 0 Å². The number of aliphatic carboxylic acids is 1. The second-order valence-corrected chi connectivity index (χ2v) is 7.21. The van der Waals surface area contributed by atoms with Gasteiger partial charge in [-0.05, 0) is 28.5 Å². The Balaban J connectivity index is 1.65. The number of allylic oxidation sites excluding steroid dienone is 4. The molecule has 0 aromatic heterocycles. The molecular weight excluding hydrogens is 366 g/mol. The fourth-order valence-electron chi connectivity index (χ4n) is 2.47. The topological polar surface area (TPSA) is 57.6 Å². The van der Waals surface area contributed by atoms with E-state index in [1.807, 2.05) is 36.4 Å². The third kappa shape index (κ3) is 4.28. The fraction of sp³-hybridized carbons (Fsp3) is 0.0500. The Hall–Kier alpha value is -2.70. The van der Waals surface area contributed by atoms with Gasteiger partial charge < -0.3 is 5.11 Å². The zero-order valence-electron chi connectivity index (χ0n) is 13.7. The molecule has 0 spiro atoms. The van der Waals surface area contributed by atoms with Gasteiger partial charge >= 0.3 is 5.97 Å². The number of nitrogens with zero attached hydrogens (tertiary/aromatic N) is 1. The van der Waals surface area contributed by atoms with E-state index < -0.39 is 12.5 Å². The lowest BCUT2D eigenvalue weighted by Crippen LogP contribution is -2.33. The number of carbonyl (C=O) groups excluding carboxylic acids is 1. The Morgan fingerprint density at radius 2 is 1.88 bits per heavy atom. The zero-order chi connectivity index (χ0) is 18.5. The molecule has 6 heteroatoms. The average molecular weight is 381 g/mol. The molecule has 0 radical (unpaired) electrons. The Labute approximate surface area is 160 Å². The Morgan fingerprint density at radius 1 is 1.12 bits per heavy atom. The third-order valence-electron chi connectivity index (χ3n) is 3.70. The summed E-state index contributed by atoms with van der Waals surface area (Å²) in [7, 11) is 0. The monoisotopic (exact) mass is 381 g/mol. The molecule has 2 aromatic rings. The molecule has 4 nitrogen and oxygen atoms in total. The molecule has 2 aromatic carbocycles. The van der Waals surface area contributed by atoms with E-state index in [4.69, 9.17) is 17.3 Å². The van der Waals surface area contributed by atoms with Crippen molar-refractivity contribution in [1.29, 1.82) is 0 Å². The first-order valence-corrected chi connectivity index (χ1v) is 9.06. The van der Waals surface area contributed by atoms with Crippen LogP contribution >= 0.6 is 24.0 Å². The van der Waals surface area contributed by atoms with Crippen LogP contribution in [-0.4, -0.2) is 32.7 Å². The van der Waals surface area contributed by atoms with E-state index in [9.17, 15) is 9.59 Å². The molecule has 0 bridgehead atoms. The lowest BCUT2D eigenvalue weighted by molar-refractivity contribution is -0.140. The Bertz CT molecular complexity index is 976. The van der Waals surface area contributed by atoms with Gasteiger partial charge in [-0.25, -0.2) is 0 Å². The van der Waals surface area contributed by atoms with Crippen LogP contribution in [-0.2, 0) is 9.59 Å². The third-order valence-corrected chi connectivity index (χ3v) is 5.09. The lowest BCUT2D eigenvalue weighted by Gasteiger charge is -2.09. The highest BCUT2D eigenvalue weighted by molar-refractivity contribution is 8.26. The number of thioether (sulfide) groups is 1. The number of carboxylic acid groups (broad SMARTS) is 1. The van der Waals surface area contributed by atoms with Crippen molar-refractivity contribution in [2.24, 2.45) is 0 Å². The second kappa shape index (κ2) is 8.12. The fourth-order valence-corrected chi connectivity index (χ4v) is 3.68. The van der Waals surface area contributed by atoms with Crippen LogP contribution in [0.2, 0.25) is 0 Å². The summed E-state index contributed by atoms with van der Waals surface area (Å²) in [6, 6.07) is 14.4. The van der Waals surface area contributed by atoms with Gasteiger partial charge in [0.05, 0.1) is 4.91 Å². The Morgan fingerprint density at radius 3 is 2.65 bits per heavy atom. The number of thiocarbonyl (C=S) groups is 1. The molecule has 0 aliphatic carbocycles. The number of rotatable bonds is 5. The molecule has 3 rings (SSSR count). The number of fused-ring (bicyclic) bond motifs is 1. The van der Waals surface area contributed by atoms with Crippen LogP contribution in [0.3, 0.4) is 0 Å². The minimum atomic E-state index is -1.09. The summed E-state index contributed by atoms with van der Waals surface area (Å²) in [5.74, 6) is -1.46. The number of hydrogen-bond donors (Lipinski definition) is 1. The minimum absolute atomic E-state index is 0.267. The number of carboxylic acids is 1. The second-order valence-electron chi connectivity index (χ2n) is 5.53. The van der Waals surface area contributed by atoms with Gasteiger partial charge in [0, 0.05) is 0 Å². The molecular formula is C20H15NO3S2. The summed E-state index contributed by atoms with van der Waals surface area (Å²) in [6.45, 7) is -0.409. The molecule has 1 amide bonds. The van der Waals surface area contributed by atoms with E-state index >= 15 is 0 Å². The maximum atomic E-state index is 12.1. The van der Waals surface area contributed by atoms with Gasteiger partial charge in [-0.2, -0.15) is 0 Å². The first kappa shape index (κ1) is 18.1. The van der Waals surface area contributed by atoms with E-state index in [1.54, 1.807) is 12.2 Å². The Kier molecular flexibility index (Phi) is 5.65. The van der Waals surface area contributed by atoms with E-state index in [-0.39, 0.29) is 10.2 Å². The number of hydrogen-bond acceptors (Lipinski definition) is 4. The molecule has 1 fully saturated rings. The van der Waals surface area contributed by atoms with Gasteiger partial charge in [0.15, 0.2) is 0 Å². The molecule has 1 aliphatic heterocycles.